The van der Waals surface area contributed by atoms with Crippen LogP contribution in [0, 0.1) is 6.92 Å². The molecule has 4 nitrogen and oxygen atoms in total. The summed E-state index contributed by atoms with van der Waals surface area (Å²) in [6, 6.07) is 7.57. The number of nitrogens with two attached hydrogens (primary N) is 1. The molecule has 100 valence electrons. The van der Waals surface area contributed by atoms with Crippen LogP contribution in [-0.2, 0) is 6.42 Å². The van der Waals surface area contributed by atoms with Crippen molar-refractivity contribution >= 4 is 15.9 Å². The fourth-order valence-electron chi connectivity index (χ4n) is 1.93. The van der Waals surface area contributed by atoms with Crippen molar-refractivity contribution < 1.29 is 4.74 Å². The molecule has 1 atom stereocenters. The van der Waals surface area contributed by atoms with Crippen molar-refractivity contribution in [2.45, 2.75) is 19.4 Å². The fraction of sp³-hybridized carbons (Fsp3) is 0.286. The maximum atomic E-state index is 6.21. The van der Waals surface area contributed by atoms with Gasteiger partial charge in [0.2, 0.25) is 0 Å². The highest BCUT2D eigenvalue weighted by Crippen LogP contribution is 2.26. The number of aryl methyl sites for hydroxylation is 1. The van der Waals surface area contributed by atoms with Crippen molar-refractivity contribution in [2.75, 3.05) is 7.11 Å². The zero-order chi connectivity index (χ0) is 13.8. The second-order valence-electron chi connectivity index (χ2n) is 4.30. The first kappa shape index (κ1) is 14.0. The lowest BCUT2D eigenvalue weighted by atomic mass is 10.0. The minimum Gasteiger partial charge on any atom is -0.496 e. The van der Waals surface area contributed by atoms with E-state index < -0.39 is 0 Å². The molecule has 0 aliphatic rings. The van der Waals surface area contributed by atoms with Crippen molar-refractivity contribution in [1.82, 2.24) is 9.97 Å². The molecule has 2 N–H and O–H groups in total. The normalized spacial score (nSPS) is 12.2. The quantitative estimate of drug-likeness (QED) is 0.940. The molecule has 0 aliphatic heterocycles. The van der Waals surface area contributed by atoms with Gasteiger partial charge in [-0.05, 0) is 43.2 Å². The van der Waals surface area contributed by atoms with Crippen LogP contribution in [0.4, 0.5) is 0 Å². The van der Waals surface area contributed by atoms with E-state index in [1.807, 2.05) is 31.2 Å². The van der Waals surface area contributed by atoms with Crippen molar-refractivity contribution in [3.05, 3.63) is 52.0 Å². The van der Waals surface area contributed by atoms with E-state index in [2.05, 4.69) is 25.9 Å². The van der Waals surface area contributed by atoms with Gasteiger partial charge in [0.1, 0.15) is 11.6 Å². The van der Waals surface area contributed by atoms with Gasteiger partial charge in [0, 0.05) is 10.7 Å². The minimum absolute atomic E-state index is 0.176. The molecule has 0 spiro atoms. The third kappa shape index (κ3) is 3.52. The van der Waals surface area contributed by atoms with Gasteiger partial charge in [-0.2, -0.15) is 0 Å². The third-order valence-electron chi connectivity index (χ3n) is 2.86. The zero-order valence-corrected chi connectivity index (χ0v) is 12.5. The van der Waals surface area contributed by atoms with Crippen molar-refractivity contribution in [3.8, 4) is 5.75 Å². The van der Waals surface area contributed by atoms with Gasteiger partial charge in [-0.3, -0.25) is 0 Å². The molecule has 2 aromatic rings. The molecule has 0 fully saturated rings. The number of halogens is 1. The molecule has 0 amide bonds. The van der Waals surface area contributed by atoms with Crippen LogP contribution in [-0.4, -0.2) is 17.1 Å². The summed E-state index contributed by atoms with van der Waals surface area (Å²) >= 11 is 3.46. The van der Waals surface area contributed by atoms with Crippen LogP contribution in [0.3, 0.4) is 0 Å². The molecular weight excluding hydrogens is 306 g/mol. The first-order valence-corrected chi connectivity index (χ1v) is 6.77. The lowest BCUT2D eigenvalue weighted by molar-refractivity contribution is 0.408. The molecule has 0 saturated heterocycles. The summed E-state index contributed by atoms with van der Waals surface area (Å²) in [5.41, 5.74) is 8.11. The Morgan fingerprint density at radius 2 is 2.16 bits per heavy atom. The molecule has 0 radical (unpaired) electrons. The number of hydrogen-bond acceptors (Lipinski definition) is 4. The Morgan fingerprint density at radius 3 is 2.84 bits per heavy atom. The highest BCUT2D eigenvalue weighted by molar-refractivity contribution is 9.10. The Labute approximate surface area is 121 Å². The first-order chi connectivity index (χ1) is 9.10. The second kappa shape index (κ2) is 6.12. The molecule has 2 rings (SSSR count). The van der Waals surface area contributed by atoms with E-state index in [1.165, 1.54) is 0 Å². The topological polar surface area (TPSA) is 61.0 Å². The van der Waals surface area contributed by atoms with E-state index in [0.29, 0.717) is 6.42 Å². The van der Waals surface area contributed by atoms with E-state index >= 15 is 0 Å². The van der Waals surface area contributed by atoms with E-state index in [4.69, 9.17) is 10.5 Å². The van der Waals surface area contributed by atoms with Gasteiger partial charge in [0.15, 0.2) is 0 Å². The fourth-order valence-corrected chi connectivity index (χ4v) is 2.34. The Morgan fingerprint density at radius 1 is 1.37 bits per heavy atom. The summed E-state index contributed by atoms with van der Waals surface area (Å²) in [4.78, 5) is 8.44. The van der Waals surface area contributed by atoms with E-state index in [-0.39, 0.29) is 6.04 Å². The molecule has 19 heavy (non-hydrogen) atoms. The standard InChI is InChI=1S/C14H16BrN3O/c1-9-17-6-5-13(18-9)12(16)8-10-7-11(15)3-4-14(10)19-2/h3-7,12H,8,16H2,1-2H3. The molecule has 0 saturated carbocycles. The molecule has 0 bridgehead atoms. The molecule has 1 unspecified atom stereocenters. The third-order valence-corrected chi connectivity index (χ3v) is 3.35. The van der Waals surface area contributed by atoms with Crippen LogP contribution >= 0.6 is 15.9 Å². The van der Waals surface area contributed by atoms with Crippen LogP contribution in [0.1, 0.15) is 23.1 Å². The summed E-state index contributed by atoms with van der Waals surface area (Å²) in [5, 5.41) is 0. The Hall–Kier alpha value is -1.46. The maximum Gasteiger partial charge on any atom is 0.125 e. The summed E-state index contributed by atoms with van der Waals surface area (Å²) in [7, 11) is 1.66. The highest BCUT2D eigenvalue weighted by atomic mass is 79.9. The number of benzene rings is 1. The van der Waals surface area contributed by atoms with Gasteiger partial charge in [-0.25, -0.2) is 9.97 Å². The van der Waals surface area contributed by atoms with Crippen LogP contribution < -0.4 is 10.5 Å². The Kier molecular flexibility index (Phi) is 4.50. The summed E-state index contributed by atoms with van der Waals surface area (Å²) in [5.74, 6) is 1.57. The van der Waals surface area contributed by atoms with Gasteiger partial charge < -0.3 is 10.5 Å². The van der Waals surface area contributed by atoms with Gasteiger partial charge in [-0.15, -0.1) is 0 Å². The largest absolute Gasteiger partial charge is 0.496 e. The number of methoxy groups -OCH3 is 1. The number of aromatic nitrogens is 2. The van der Waals surface area contributed by atoms with Gasteiger partial charge >= 0.3 is 0 Å². The smallest absolute Gasteiger partial charge is 0.125 e. The highest BCUT2D eigenvalue weighted by Gasteiger charge is 2.12. The number of rotatable bonds is 4. The molecule has 1 heterocycles. The average molecular weight is 322 g/mol. The SMILES string of the molecule is COc1ccc(Br)cc1CC(N)c1ccnc(C)n1. The number of ether oxygens (including phenoxy) is 1. The minimum atomic E-state index is -0.176. The summed E-state index contributed by atoms with van der Waals surface area (Å²) < 4.78 is 6.36. The van der Waals surface area contributed by atoms with E-state index in [1.54, 1.807) is 13.3 Å². The summed E-state index contributed by atoms with van der Waals surface area (Å²) in [6.07, 6.45) is 2.40. The van der Waals surface area contributed by atoms with E-state index in [9.17, 15) is 0 Å². The predicted octanol–water partition coefficient (Wildman–Crippen LogP) is 2.80. The lowest BCUT2D eigenvalue weighted by Gasteiger charge is -2.14. The number of hydrogen-bond donors (Lipinski definition) is 1. The Balaban J connectivity index is 2.23. The van der Waals surface area contributed by atoms with Crippen molar-refractivity contribution in [3.63, 3.8) is 0 Å². The van der Waals surface area contributed by atoms with Crippen LogP contribution in [0.2, 0.25) is 0 Å². The van der Waals surface area contributed by atoms with Gasteiger partial charge in [-0.1, -0.05) is 15.9 Å². The maximum absolute atomic E-state index is 6.21. The molecule has 0 aliphatic carbocycles. The van der Waals surface area contributed by atoms with Gasteiger partial charge in [0.25, 0.3) is 0 Å². The summed E-state index contributed by atoms with van der Waals surface area (Å²) in [6.45, 7) is 1.86. The van der Waals surface area contributed by atoms with Crippen molar-refractivity contribution in [1.29, 1.82) is 0 Å². The van der Waals surface area contributed by atoms with Crippen LogP contribution in [0.25, 0.3) is 0 Å². The van der Waals surface area contributed by atoms with Crippen molar-refractivity contribution in [2.24, 2.45) is 5.73 Å². The number of nitrogens with zero attached hydrogens (tertiary/aromatic N) is 2. The van der Waals surface area contributed by atoms with Crippen LogP contribution in [0.5, 0.6) is 5.75 Å². The zero-order valence-electron chi connectivity index (χ0n) is 10.9. The van der Waals surface area contributed by atoms with Crippen LogP contribution in [0.15, 0.2) is 34.9 Å². The molecular formula is C14H16BrN3O. The molecule has 5 heteroatoms. The first-order valence-electron chi connectivity index (χ1n) is 5.97. The average Bonchev–Trinajstić information content (AvgIpc) is 2.39. The van der Waals surface area contributed by atoms with Gasteiger partial charge in [0.05, 0.1) is 18.8 Å². The molecule has 1 aromatic heterocycles. The molecule has 1 aromatic carbocycles. The monoisotopic (exact) mass is 321 g/mol. The lowest BCUT2D eigenvalue weighted by Crippen LogP contribution is -2.16. The Bertz CT molecular complexity index is 574. The predicted molar refractivity (Wildman–Crippen MR) is 78.1 cm³/mol. The van der Waals surface area contributed by atoms with E-state index in [0.717, 1.165) is 27.3 Å². The second-order valence-corrected chi connectivity index (χ2v) is 5.21.